The fraction of sp³-hybridized carbons (Fsp3) is 0.143. The summed E-state index contributed by atoms with van der Waals surface area (Å²) < 4.78 is 19.0. The number of halogens is 1. The molecule has 0 saturated carbocycles. The van der Waals surface area contributed by atoms with Gasteiger partial charge >= 0.3 is 0 Å². The highest BCUT2D eigenvalue weighted by Crippen LogP contribution is 2.25. The molecular weight excluding hydrogens is 331 g/mol. The van der Waals surface area contributed by atoms with Gasteiger partial charge in [-0.1, -0.05) is 45.2 Å². The summed E-state index contributed by atoms with van der Waals surface area (Å²) in [5.74, 6) is -0.213. The molecule has 5 heteroatoms. The Morgan fingerprint density at radius 3 is 2.58 bits per heavy atom. The Bertz CT molecular complexity index is 832. The van der Waals surface area contributed by atoms with Crippen LogP contribution in [0.5, 0.6) is 5.75 Å². The molecular formula is C21H23FN2O2. The zero-order valence-corrected chi connectivity index (χ0v) is 15.3. The van der Waals surface area contributed by atoms with Crippen molar-refractivity contribution in [3.63, 3.8) is 0 Å². The second-order valence-corrected chi connectivity index (χ2v) is 4.81. The van der Waals surface area contributed by atoms with Gasteiger partial charge in [0.25, 0.3) is 0 Å². The number of nitrogens with zero attached hydrogens (tertiary/aromatic N) is 1. The number of carbonyl (C=O) groups excluding carboxylic acids is 1. The van der Waals surface area contributed by atoms with Crippen LogP contribution >= 0.6 is 0 Å². The van der Waals surface area contributed by atoms with Crippen LogP contribution in [0, 0.1) is 5.82 Å². The van der Waals surface area contributed by atoms with E-state index in [4.69, 9.17) is 4.74 Å². The third-order valence-corrected chi connectivity index (χ3v) is 3.27. The number of methoxy groups -OCH3 is 1. The van der Waals surface area contributed by atoms with Crippen molar-refractivity contribution < 1.29 is 13.9 Å². The van der Waals surface area contributed by atoms with Crippen LogP contribution < -0.4 is 4.74 Å². The van der Waals surface area contributed by atoms with Gasteiger partial charge in [-0.25, -0.2) is 4.39 Å². The van der Waals surface area contributed by atoms with Crippen molar-refractivity contribution in [1.29, 1.82) is 0 Å². The van der Waals surface area contributed by atoms with E-state index in [1.165, 1.54) is 31.4 Å². The minimum Gasteiger partial charge on any atom is -0.497 e. The number of benzene rings is 1. The molecule has 0 aliphatic rings. The number of rotatable bonds is 7. The van der Waals surface area contributed by atoms with Crippen LogP contribution in [0.2, 0.25) is 0 Å². The summed E-state index contributed by atoms with van der Waals surface area (Å²) in [5, 5.41) is 6.81. The molecule has 2 aromatic rings. The predicted octanol–water partition coefficient (Wildman–Crippen LogP) is 5.13. The van der Waals surface area contributed by atoms with Crippen LogP contribution in [0.25, 0.3) is 17.3 Å². The third kappa shape index (κ3) is 5.41. The molecule has 0 saturated heterocycles. The minimum absolute atomic E-state index is 0.211. The Balaban J connectivity index is 0.00000163. The van der Waals surface area contributed by atoms with E-state index in [1.807, 2.05) is 13.8 Å². The Morgan fingerprint density at radius 2 is 2.00 bits per heavy atom. The van der Waals surface area contributed by atoms with Crippen LogP contribution in [0.1, 0.15) is 19.5 Å². The van der Waals surface area contributed by atoms with E-state index < -0.39 is 5.82 Å². The second kappa shape index (κ2) is 10.6. The zero-order valence-electron chi connectivity index (χ0n) is 15.3. The Hall–Kier alpha value is -3.21. The molecule has 26 heavy (non-hydrogen) atoms. The van der Waals surface area contributed by atoms with Crippen molar-refractivity contribution in [2.24, 2.45) is 0 Å². The summed E-state index contributed by atoms with van der Waals surface area (Å²) >= 11 is 0. The van der Waals surface area contributed by atoms with Gasteiger partial charge in [0, 0.05) is 17.2 Å². The first-order valence-electron chi connectivity index (χ1n) is 8.16. The fourth-order valence-corrected chi connectivity index (χ4v) is 2.03. The summed E-state index contributed by atoms with van der Waals surface area (Å²) in [7, 11) is 1.47. The topological polar surface area (TPSA) is 55.0 Å². The summed E-state index contributed by atoms with van der Waals surface area (Å²) in [5.41, 5.74) is 1.79. The summed E-state index contributed by atoms with van der Waals surface area (Å²) in [6.45, 7) is 11.1. The highest BCUT2D eigenvalue weighted by Gasteiger charge is 2.10. The van der Waals surface area contributed by atoms with Crippen molar-refractivity contribution in [3.8, 4) is 17.0 Å². The molecule has 1 aromatic carbocycles. The number of aromatic nitrogens is 2. The zero-order chi connectivity index (χ0) is 19.5. The maximum Gasteiger partial charge on any atom is 0.185 e. The monoisotopic (exact) mass is 354 g/mol. The molecule has 0 amide bonds. The lowest BCUT2D eigenvalue weighted by Gasteiger charge is -2.02. The maximum atomic E-state index is 14.0. The number of carbonyl (C=O) groups is 1. The Kier molecular flexibility index (Phi) is 8.50. The van der Waals surface area contributed by atoms with E-state index in [0.717, 1.165) is 0 Å². The molecule has 0 bridgehead atoms. The number of hydrogen-bond acceptors (Lipinski definition) is 3. The molecule has 1 N–H and O–H groups in total. The first-order chi connectivity index (χ1) is 12.6. The molecule has 0 radical (unpaired) electrons. The molecule has 0 aliphatic carbocycles. The van der Waals surface area contributed by atoms with Crippen molar-refractivity contribution in [2.45, 2.75) is 13.8 Å². The largest absolute Gasteiger partial charge is 0.497 e. The maximum absolute atomic E-state index is 14.0. The number of nitrogens with one attached hydrogen (secondary N) is 1. The number of H-pyrrole nitrogens is 1. The Labute approximate surface area is 153 Å². The average molecular weight is 354 g/mol. The van der Waals surface area contributed by atoms with Crippen LogP contribution in [-0.2, 0) is 4.79 Å². The number of ketones is 1. The summed E-state index contributed by atoms with van der Waals surface area (Å²) in [4.78, 5) is 12.0. The molecule has 1 aromatic heterocycles. The molecule has 4 nitrogen and oxygen atoms in total. The van der Waals surface area contributed by atoms with Crippen molar-refractivity contribution >= 4 is 11.9 Å². The minimum atomic E-state index is -0.435. The lowest BCUT2D eigenvalue weighted by Crippen LogP contribution is -1.94. The first kappa shape index (κ1) is 20.8. The van der Waals surface area contributed by atoms with Crippen LogP contribution in [0.3, 0.4) is 0 Å². The van der Waals surface area contributed by atoms with Crippen molar-refractivity contribution in [1.82, 2.24) is 10.2 Å². The van der Waals surface area contributed by atoms with Gasteiger partial charge in [0.1, 0.15) is 11.6 Å². The van der Waals surface area contributed by atoms with Crippen molar-refractivity contribution in [3.05, 3.63) is 78.8 Å². The lowest BCUT2D eigenvalue weighted by atomic mass is 10.1. The molecule has 0 atom stereocenters. The molecule has 0 aliphatic heterocycles. The SMILES string of the molecule is C=C/C=C(\C=C)C(=O)/C=C/c1cc(-c2ccc(OC)cc2F)n[nH]1.CC. The van der Waals surface area contributed by atoms with Crippen molar-refractivity contribution in [2.75, 3.05) is 7.11 Å². The van der Waals surface area contributed by atoms with E-state index in [9.17, 15) is 9.18 Å². The first-order valence-corrected chi connectivity index (χ1v) is 8.16. The van der Waals surface area contributed by atoms with Gasteiger partial charge < -0.3 is 4.74 Å². The summed E-state index contributed by atoms with van der Waals surface area (Å²) in [6, 6.07) is 6.19. The van der Waals surface area contributed by atoms with E-state index >= 15 is 0 Å². The van der Waals surface area contributed by atoms with Crippen LogP contribution in [-0.4, -0.2) is 23.1 Å². The summed E-state index contributed by atoms with van der Waals surface area (Å²) in [6.07, 6.45) is 7.51. The smallest absolute Gasteiger partial charge is 0.185 e. The van der Waals surface area contributed by atoms with Crippen LogP contribution in [0.15, 0.2) is 67.3 Å². The van der Waals surface area contributed by atoms with Gasteiger partial charge in [-0.3, -0.25) is 9.89 Å². The highest BCUT2D eigenvalue weighted by atomic mass is 19.1. The molecule has 1 heterocycles. The Morgan fingerprint density at radius 1 is 1.27 bits per heavy atom. The molecule has 0 fully saturated rings. The number of hydrogen-bond donors (Lipinski definition) is 1. The highest BCUT2D eigenvalue weighted by molar-refractivity contribution is 6.08. The standard InChI is InChI=1S/C19H17FN2O2.C2H6/c1-4-6-13(5-2)19(23)10-7-14-11-18(22-21-14)16-9-8-15(24-3)12-17(16)20;1-2/h4-12H,1-2H2,3H3,(H,21,22);1-2H3/b10-7+,13-6+;. The van der Waals surface area contributed by atoms with Gasteiger partial charge in [0.2, 0.25) is 0 Å². The van der Waals surface area contributed by atoms with Gasteiger partial charge in [-0.15, -0.1) is 0 Å². The van der Waals surface area contributed by atoms with Gasteiger partial charge in [0.15, 0.2) is 5.78 Å². The number of allylic oxidation sites excluding steroid dienone is 5. The van der Waals surface area contributed by atoms with E-state index in [0.29, 0.717) is 28.3 Å². The molecule has 2 rings (SSSR count). The van der Waals surface area contributed by atoms with Gasteiger partial charge in [0.05, 0.1) is 18.5 Å². The second-order valence-electron chi connectivity index (χ2n) is 4.81. The molecule has 0 unspecified atom stereocenters. The van der Waals surface area contributed by atoms with E-state index in [2.05, 4.69) is 23.4 Å². The average Bonchev–Trinajstić information content (AvgIpc) is 3.14. The van der Waals surface area contributed by atoms with E-state index in [-0.39, 0.29) is 5.78 Å². The van der Waals surface area contributed by atoms with Gasteiger partial charge in [-0.2, -0.15) is 5.10 Å². The number of aromatic amines is 1. The normalized spacial score (nSPS) is 10.8. The molecule has 0 spiro atoms. The number of ether oxygens (including phenoxy) is 1. The van der Waals surface area contributed by atoms with Gasteiger partial charge in [-0.05, 0) is 30.4 Å². The fourth-order valence-electron chi connectivity index (χ4n) is 2.03. The lowest BCUT2D eigenvalue weighted by molar-refractivity contribution is -0.111. The van der Waals surface area contributed by atoms with E-state index in [1.54, 1.807) is 30.4 Å². The quantitative estimate of drug-likeness (QED) is 0.554. The molecule has 136 valence electrons. The third-order valence-electron chi connectivity index (χ3n) is 3.27. The van der Waals surface area contributed by atoms with Crippen LogP contribution in [0.4, 0.5) is 4.39 Å². The predicted molar refractivity (Wildman–Crippen MR) is 104 cm³/mol.